The topological polar surface area (TPSA) is 58.5 Å². The Hall–Kier alpha value is -1.14. The predicted molar refractivity (Wildman–Crippen MR) is 67.8 cm³/mol. The maximum absolute atomic E-state index is 11.6. The number of benzene rings is 1. The summed E-state index contributed by atoms with van der Waals surface area (Å²) >= 11 is 3.23. The first-order chi connectivity index (χ1) is 7.56. The third-order valence-electron chi connectivity index (χ3n) is 1.65. The van der Waals surface area contributed by atoms with Crippen LogP contribution in [0.4, 0.5) is 0 Å². The number of nitrogens with zero attached hydrogens (tertiary/aromatic N) is 1. The number of rotatable bonds is 4. The van der Waals surface area contributed by atoms with Gasteiger partial charge in [0.25, 0.3) is 10.0 Å². The van der Waals surface area contributed by atoms with Crippen LogP contribution in [0.3, 0.4) is 0 Å². The van der Waals surface area contributed by atoms with Crippen LogP contribution in [0.2, 0.25) is 0 Å². The van der Waals surface area contributed by atoms with E-state index in [9.17, 15) is 8.42 Å². The first-order valence-corrected chi connectivity index (χ1v) is 6.75. The lowest BCUT2D eigenvalue weighted by molar-refractivity contribution is 0.584. The minimum Gasteiger partial charge on any atom is -0.200 e. The van der Waals surface area contributed by atoms with E-state index in [0.717, 1.165) is 4.47 Å². The van der Waals surface area contributed by atoms with Crippen molar-refractivity contribution in [3.63, 3.8) is 0 Å². The highest BCUT2D eigenvalue weighted by atomic mass is 79.9. The van der Waals surface area contributed by atoms with Gasteiger partial charge in [0.05, 0.1) is 4.90 Å². The number of allylic oxidation sites excluding steroid dienone is 2. The van der Waals surface area contributed by atoms with Gasteiger partial charge in [-0.25, -0.2) is 4.83 Å². The molecule has 0 aliphatic heterocycles. The van der Waals surface area contributed by atoms with Crippen molar-refractivity contribution in [1.29, 1.82) is 0 Å². The molecular weight excluding hydrogens is 292 g/mol. The van der Waals surface area contributed by atoms with Gasteiger partial charge in [-0.3, -0.25) is 0 Å². The molecule has 86 valence electrons. The third-order valence-corrected chi connectivity index (χ3v) is 3.42. The molecule has 0 saturated heterocycles. The Bertz CT molecular complexity index is 492. The van der Waals surface area contributed by atoms with E-state index in [1.54, 1.807) is 24.3 Å². The summed E-state index contributed by atoms with van der Waals surface area (Å²) < 4.78 is 24.1. The molecule has 16 heavy (non-hydrogen) atoms. The highest BCUT2D eigenvalue weighted by Gasteiger charge is 2.11. The van der Waals surface area contributed by atoms with Crippen molar-refractivity contribution in [2.24, 2.45) is 5.10 Å². The van der Waals surface area contributed by atoms with E-state index in [-0.39, 0.29) is 4.90 Å². The number of sulfonamides is 1. The lowest BCUT2D eigenvalue weighted by Gasteiger charge is -2.02. The summed E-state index contributed by atoms with van der Waals surface area (Å²) in [6.45, 7) is 1.81. The Morgan fingerprint density at radius 3 is 2.50 bits per heavy atom. The summed E-state index contributed by atoms with van der Waals surface area (Å²) in [7, 11) is -3.56. The van der Waals surface area contributed by atoms with E-state index >= 15 is 0 Å². The van der Waals surface area contributed by atoms with Crippen LogP contribution in [0.5, 0.6) is 0 Å². The average Bonchev–Trinajstić information content (AvgIpc) is 2.25. The van der Waals surface area contributed by atoms with E-state index in [1.165, 1.54) is 18.3 Å². The molecular formula is C10H11BrN2O2S. The van der Waals surface area contributed by atoms with Crippen molar-refractivity contribution in [1.82, 2.24) is 4.83 Å². The summed E-state index contributed by atoms with van der Waals surface area (Å²) in [6.07, 6.45) is 4.75. The van der Waals surface area contributed by atoms with E-state index in [2.05, 4.69) is 25.9 Å². The Morgan fingerprint density at radius 1 is 1.31 bits per heavy atom. The van der Waals surface area contributed by atoms with Gasteiger partial charge in [0.15, 0.2) is 0 Å². The molecule has 0 bridgehead atoms. The van der Waals surface area contributed by atoms with Crippen LogP contribution in [0.15, 0.2) is 50.9 Å². The number of hydrazone groups is 1. The zero-order chi connectivity index (χ0) is 12.0. The van der Waals surface area contributed by atoms with Gasteiger partial charge in [0, 0.05) is 10.7 Å². The average molecular weight is 303 g/mol. The molecule has 0 amide bonds. The molecule has 1 N–H and O–H groups in total. The van der Waals surface area contributed by atoms with Crippen molar-refractivity contribution in [2.45, 2.75) is 11.8 Å². The van der Waals surface area contributed by atoms with E-state index in [4.69, 9.17) is 0 Å². The second kappa shape index (κ2) is 5.81. The fraction of sp³-hybridized carbons (Fsp3) is 0.100. The van der Waals surface area contributed by atoms with Crippen LogP contribution < -0.4 is 4.83 Å². The van der Waals surface area contributed by atoms with Gasteiger partial charge in [0.1, 0.15) is 0 Å². The molecule has 0 fully saturated rings. The number of halogens is 1. The fourth-order valence-corrected chi connectivity index (χ4v) is 1.96. The van der Waals surface area contributed by atoms with Crippen molar-refractivity contribution in [3.05, 3.63) is 40.9 Å². The van der Waals surface area contributed by atoms with Crippen LogP contribution in [0, 0.1) is 0 Å². The molecule has 0 aliphatic rings. The highest BCUT2D eigenvalue weighted by Crippen LogP contribution is 2.14. The molecule has 0 atom stereocenters. The van der Waals surface area contributed by atoms with Crippen LogP contribution in [0.25, 0.3) is 0 Å². The summed E-state index contributed by atoms with van der Waals surface area (Å²) in [4.78, 5) is 2.28. The highest BCUT2D eigenvalue weighted by molar-refractivity contribution is 9.10. The van der Waals surface area contributed by atoms with E-state index < -0.39 is 10.0 Å². The Kier molecular flexibility index (Phi) is 4.70. The molecule has 0 radical (unpaired) electrons. The molecule has 1 aromatic carbocycles. The van der Waals surface area contributed by atoms with E-state index in [0.29, 0.717) is 0 Å². The first-order valence-electron chi connectivity index (χ1n) is 4.48. The quantitative estimate of drug-likeness (QED) is 0.685. The maximum atomic E-state index is 11.6. The second-order valence-corrected chi connectivity index (χ2v) is 5.43. The normalized spacial score (nSPS) is 12.4. The van der Waals surface area contributed by atoms with Crippen LogP contribution in [-0.4, -0.2) is 14.6 Å². The molecule has 0 saturated carbocycles. The monoisotopic (exact) mass is 302 g/mol. The molecule has 0 unspecified atom stereocenters. The summed E-state index contributed by atoms with van der Waals surface area (Å²) in [5.41, 5.74) is 0. The Balaban J connectivity index is 2.82. The van der Waals surface area contributed by atoms with Crippen LogP contribution in [-0.2, 0) is 10.0 Å². The molecule has 4 nitrogen and oxygen atoms in total. The van der Waals surface area contributed by atoms with Gasteiger partial charge in [-0.05, 0) is 37.3 Å². The standard InChI is InChI=1S/C10H11BrN2O2S/c1-2-3-8-12-13-16(14,15)10-6-4-9(11)5-7-10/h2-8,13H,1H3/b3-2+,12-8+. The molecule has 1 rings (SSSR count). The van der Waals surface area contributed by atoms with Gasteiger partial charge in [-0.1, -0.05) is 22.0 Å². The first kappa shape index (κ1) is 12.9. The van der Waals surface area contributed by atoms with E-state index in [1.807, 2.05) is 6.92 Å². The maximum Gasteiger partial charge on any atom is 0.276 e. The van der Waals surface area contributed by atoms with Crippen LogP contribution >= 0.6 is 15.9 Å². The zero-order valence-corrected chi connectivity index (χ0v) is 11.0. The minimum atomic E-state index is -3.56. The van der Waals surface area contributed by atoms with Crippen molar-refractivity contribution in [3.8, 4) is 0 Å². The fourth-order valence-electron chi connectivity index (χ4n) is 0.895. The van der Waals surface area contributed by atoms with Crippen molar-refractivity contribution >= 4 is 32.2 Å². The molecule has 0 aromatic heterocycles. The zero-order valence-electron chi connectivity index (χ0n) is 8.59. The molecule has 1 aromatic rings. The lowest BCUT2D eigenvalue weighted by Crippen LogP contribution is -2.17. The van der Waals surface area contributed by atoms with Gasteiger partial charge in [-0.2, -0.15) is 13.5 Å². The van der Waals surface area contributed by atoms with Gasteiger partial charge in [0.2, 0.25) is 0 Å². The Morgan fingerprint density at radius 2 is 1.94 bits per heavy atom. The molecule has 0 aliphatic carbocycles. The molecule has 0 heterocycles. The lowest BCUT2D eigenvalue weighted by atomic mass is 10.4. The van der Waals surface area contributed by atoms with Gasteiger partial charge in [-0.15, -0.1) is 0 Å². The van der Waals surface area contributed by atoms with Crippen LogP contribution in [0.1, 0.15) is 6.92 Å². The second-order valence-electron chi connectivity index (χ2n) is 2.85. The summed E-state index contributed by atoms with van der Waals surface area (Å²) in [5, 5.41) is 3.57. The van der Waals surface area contributed by atoms with Gasteiger partial charge >= 0.3 is 0 Å². The third kappa shape index (κ3) is 3.79. The predicted octanol–water partition coefficient (Wildman–Crippen LogP) is 2.29. The number of hydrogen-bond acceptors (Lipinski definition) is 3. The SMILES string of the molecule is C/C=C/C=N/NS(=O)(=O)c1ccc(Br)cc1. The Labute approximate surface area is 103 Å². The van der Waals surface area contributed by atoms with Crippen molar-refractivity contribution in [2.75, 3.05) is 0 Å². The number of hydrogen-bond donors (Lipinski definition) is 1. The number of nitrogens with one attached hydrogen (secondary N) is 1. The summed E-state index contributed by atoms with van der Waals surface area (Å²) in [5.74, 6) is 0. The van der Waals surface area contributed by atoms with Crippen molar-refractivity contribution < 1.29 is 8.42 Å². The largest absolute Gasteiger partial charge is 0.276 e. The minimum absolute atomic E-state index is 0.174. The molecule has 6 heteroatoms. The van der Waals surface area contributed by atoms with Gasteiger partial charge < -0.3 is 0 Å². The molecule has 0 spiro atoms. The smallest absolute Gasteiger partial charge is 0.200 e. The summed E-state index contributed by atoms with van der Waals surface area (Å²) in [6, 6.07) is 6.31.